The summed E-state index contributed by atoms with van der Waals surface area (Å²) in [5.74, 6) is -0.250. The molecule has 3 rings (SSSR count). The first-order chi connectivity index (χ1) is 9.63. The van der Waals surface area contributed by atoms with Crippen LogP contribution in [0.1, 0.15) is 5.56 Å². The fraction of sp³-hybridized carbons (Fsp3) is 0.0714. The maximum atomic E-state index is 11.1. The molecule has 0 bridgehead atoms. The van der Waals surface area contributed by atoms with E-state index in [1.807, 2.05) is 18.2 Å². The van der Waals surface area contributed by atoms with Gasteiger partial charge in [0.05, 0.1) is 9.99 Å². The van der Waals surface area contributed by atoms with E-state index in [0.717, 1.165) is 11.3 Å². The zero-order valence-corrected chi connectivity index (χ0v) is 11.9. The van der Waals surface area contributed by atoms with Gasteiger partial charge in [-0.25, -0.2) is 4.79 Å². The highest BCUT2D eigenvalue weighted by Crippen LogP contribution is 2.28. The van der Waals surface area contributed by atoms with Gasteiger partial charge in [-0.3, -0.25) is 4.98 Å². The van der Waals surface area contributed by atoms with Gasteiger partial charge in [0.2, 0.25) is 0 Å². The molecule has 0 atom stereocenters. The van der Waals surface area contributed by atoms with Gasteiger partial charge in [-0.1, -0.05) is 12.1 Å². The zero-order valence-electron chi connectivity index (χ0n) is 10.3. The number of aromatic amines is 1. The Balaban J connectivity index is 1.82. The Bertz CT molecular complexity index is 823. The summed E-state index contributed by atoms with van der Waals surface area (Å²) in [6.07, 6.45) is 0. The molecule has 0 fully saturated rings. The molecule has 3 N–H and O–H groups in total. The van der Waals surface area contributed by atoms with Crippen molar-refractivity contribution in [2.24, 2.45) is 0 Å². The highest BCUT2D eigenvalue weighted by molar-refractivity contribution is 9.10. The van der Waals surface area contributed by atoms with Crippen LogP contribution in [0.15, 0.2) is 50.1 Å². The fourth-order valence-electron chi connectivity index (χ4n) is 1.96. The van der Waals surface area contributed by atoms with Crippen LogP contribution in [-0.4, -0.2) is 10.1 Å². The molecule has 1 aromatic heterocycles. The van der Waals surface area contributed by atoms with Crippen molar-refractivity contribution < 1.29 is 9.52 Å². The molecule has 0 spiro atoms. The third-order valence-corrected chi connectivity index (χ3v) is 3.61. The van der Waals surface area contributed by atoms with Crippen LogP contribution in [0.4, 0.5) is 5.69 Å². The van der Waals surface area contributed by atoms with E-state index in [4.69, 9.17) is 4.42 Å². The van der Waals surface area contributed by atoms with Crippen molar-refractivity contribution in [3.63, 3.8) is 0 Å². The van der Waals surface area contributed by atoms with Crippen LogP contribution in [0.2, 0.25) is 0 Å². The molecule has 0 saturated carbocycles. The second-order valence-corrected chi connectivity index (χ2v) is 5.18. The molecule has 102 valence electrons. The van der Waals surface area contributed by atoms with Crippen molar-refractivity contribution in [2.75, 3.05) is 5.32 Å². The molecule has 20 heavy (non-hydrogen) atoms. The van der Waals surface area contributed by atoms with Crippen molar-refractivity contribution in [2.45, 2.75) is 6.54 Å². The third kappa shape index (κ3) is 2.42. The number of phenolic OH excluding ortho intramolecular Hbond substituents is 1. The molecule has 0 aliphatic heterocycles. The molecule has 2 aromatic carbocycles. The maximum Gasteiger partial charge on any atom is 0.417 e. The van der Waals surface area contributed by atoms with Gasteiger partial charge in [0, 0.05) is 17.8 Å². The molecule has 0 amide bonds. The molecule has 6 heteroatoms. The zero-order chi connectivity index (χ0) is 14.1. The number of benzene rings is 2. The van der Waals surface area contributed by atoms with Crippen LogP contribution < -0.4 is 11.1 Å². The molecule has 3 aromatic rings. The number of hydrogen-bond acceptors (Lipinski definition) is 4. The van der Waals surface area contributed by atoms with Gasteiger partial charge in [0.1, 0.15) is 5.75 Å². The summed E-state index contributed by atoms with van der Waals surface area (Å²) in [7, 11) is 0. The van der Waals surface area contributed by atoms with Crippen LogP contribution >= 0.6 is 15.9 Å². The molecule has 1 heterocycles. The monoisotopic (exact) mass is 334 g/mol. The van der Waals surface area contributed by atoms with E-state index in [0.29, 0.717) is 22.1 Å². The molecule has 0 saturated heterocycles. The lowest BCUT2D eigenvalue weighted by atomic mass is 10.2. The number of para-hydroxylation sites is 1. The number of anilines is 1. The van der Waals surface area contributed by atoms with Crippen molar-refractivity contribution >= 4 is 32.7 Å². The first-order valence-corrected chi connectivity index (χ1v) is 6.76. The molecule has 0 unspecified atom stereocenters. The van der Waals surface area contributed by atoms with Crippen molar-refractivity contribution in [1.29, 1.82) is 0 Å². The Kier molecular flexibility index (Phi) is 3.23. The van der Waals surface area contributed by atoms with E-state index < -0.39 is 5.76 Å². The van der Waals surface area contributed by atoms with Gasteiger partial charge in [-0.15, -0.1) is 0 Å². The summed E-state index contributed by atoms with van der Waals surface area (Å²) in [6, 6.07) is 10.8. The summed E-state index contributed by atoms with van der Waals surface area (Å²) in [6.45, 7) is 0.471. The number of nitrogens with one attached hydrogen (secondary N) is 2. The van der Waals surface area contributed by atoms with Crippen LogP contribution in [0.25, 0.3) is 11.1 Å². The first kappa shape index (κ1) is 12.8. The molecular formula is C14H11BrN2O3. The van der Waals surface area contributed by atoms with Gasteiger partial charge in [-0.05, 0) is 40.2 Å². The summed E-state index contributed by atoms with van der Waals surface area (Å²) in [4.78, 5) is 13.7. The summed E-state index contributed by atoms with van der Waals surface area (Å²) in [5.41, 5.74) is 2.76. The average molecular weight is 335 g/mol. The first-order valence-electron chi connectivity index (χ1n) is 5.96. The lowest BCUT2D eigenvalue weighted by Crippen LogP contribution is -1.99. The predicted molar refractivity (Wildman–Crippen MR) is 80.0 cm³/mol. The third-order valence-electron chi connectivity index (χ3n) is 2.97. The van der Waals surface area contributed by atoms with Crippen LogP contribution in [0.3, 0.4) is 0 Å². The Labute approximate surface area is 122 Å². The lowest BCUT2D eigenvalue weighted by Gasteiger charge is -2.09. The van der Waals surface area contributed by atoms with E-state index in [-0.39, 0.29) is 5.75 Å². The topological polar surface area (TPSA) is 78.3 Å². The largest absolute Gasteiger partial charge is 0.506 e. The molecule has 5 nitrogen and oxygen atoms in total. The lowest BCUT2D eigenvalue weighted by molar-refractivity contribution is 0.465. The van der Waals surface area contributed by atoms with Crippen LogP contribution in [0, 0.1) is 0 Å². The number of phenols is 1. The second kappa shape index (κ2) is 5.05. The maximum absolute atomic E-state index is 11.1. The number of H-pyrrole nitrogens is 1. The smallest absolute Gasteiger partial charge is 0.417 e. The van der Waals surface area contributed by atoms with E-state index in [1.54, 1.807) is 18.2 Å². The van der Waals surface area contributed by atoms with E-state index in [2.05, 4.69) is 26.2 Å². The number of aromatic hydroxyl groups is 1. The van der Waals surface area contributed by atoms with Crippen LogP contribution in [0.5, 0.6) is 5.75 Å². The van der Waals surface area contributed by atoms with Crippen molar-refractivity contribution in [3.05, 3.63) is 57.0 Å². The minimum atomic E-state index is -0.471. The van der Waals surface area contributed by atoms with E-state index in [1.165, 1.54) is 0 Å². The van der Waals surface area contributed by atoms with E-state index in [9.17, 15) is 9.90 Å². The quantitative estimate of drug-likeness (QED) is 0.687. The van der Waals surface area contributed by atoms with Gasteiger partial charge in [0.15, 0.2) is 5.58 Å². The average Bonchev–Trinajstić information content (AvgIpc) is 2.79. The van der Waals surface area contributed by atoms with Gasteiger partial charge >= 0.3 is 5.76 Å². The van der Waals surface area contributed by atoms with E-state index >= 15 is 0 Å². The number of fused-ring (bicyclic) bond motifs is 1. The molecular weight excluding hydrogens is 324 g/mol. The summed E-state index contributed by atoms with van der Waals surface area (Å²) < 4.78 is 5.59. The van der Waals surface area contributed by atoms with Gasteiger partial charge in [-0.2, -0.15) is 0 Å². The van der Waals surface area contributed by atoms with Gasteiger partial charge in [0.25, 0.3) is 0 Å². The van der Waals surface area contributed by atoms with Crippen molar-refractivity contribution in [3.8, 4) is 5.75 Å². The van der Waals surface area contributed by atoms with Gasteiger partial charge < -0.3 is 14.8 Å². The Morgan fingerprint density at radius 3 is 3.00 bits per heavy atom. The molecule has 0 aliphatic rings. The SMILES string of the molecule is O=c1[nH]c2cc(NCc3cccc(Br)c3O)ccc2o1. The van der Waals surface area contributed by atoms with Crippen molar-refractivity contribution in [1.82, 2.24) is 4.98 Å². The highest BCUT2D eigenvalue weighted by atomic mass is 79.9. The molecule has 0 radical (unpaired) electrons. The highest BCUT2D eigenvalue weighted by Gasteiger charge is 2.05. The Morgan fingerprint density at radius 1 is 1.30 bits per heavy atom. The number of rotatable bonds is 3. The normalized spacial score (nSPS) is 10.8. The minimum Gasteiger partial charge on any atom is -0.506 e. The number of oxazole rings is 1. The number of aromatic nitrogens is 1. The summed E-state index contributed by atoms with van der Waals surface area (Å²) >= 11 is 3.28. The number of halogens is 1. The number of hydrogen-bond donors (Lipinski definition) is 3. The standard InChI is InChI=1S/C14H11BrN2O3/c15-10-3-1-2-8(13(10)18)7-16-9-4-5-12-11(6-9)17-14(19)20-12/h1-6,16,18H,7H2,(H,17,19). The minimum absolute atomic E-state index is 0.220. The molecule has 0 aliphatic carbocycles. The Morgan fingerprint density at radius 2 is 2.15 bits per heavy atom. The second-order valence-electron chi connectivity index (χ2n) is 4.33. The fourth-order valence-corrected chi connectivity index (χ4v) is 2.37. The predicted octanol–water partition coefficient (Wildman–Crippen LogP) is 3.20. The summed E-state index contributed by atoms with van der Waals surface area (Å²) in [5, 5.41) is 13.1. The Hall–Kier alpha value is -2.21. The van der Waals surface area contributed by atoms with Crippen LogP contribution in [-0.2, 0) is 6.54 Å².